The lowest BCUT2D eigenvalue weighted by Gasteiger charge is -2.26. The number of carbonyl (C=O) groups excluding carboxylic acids is 1. The maximum atomic E-state index is 12.2. The number of nitrogens with zero attached hydrogens (tertiary/aromatic N) is 2. The van der Waals surface area contributed by atoms with Gasteiger partial charge in [0.2, 0.25) is 0 Å². The molecule has 11 nitrogen and oxygen atoms in total. The summed E-state index contributed by atoms with van der Waals surface area (Å²) in [4.78, 5) is 33.1. The SMILES string of the molecule is CCC(CC)(OC)C(=O)ONc1ccn([C@@H]2O[C@H](CO)[C@@H](O)[C@H]2O)c(=O)n1. The van der Waals surface area contributed by atoms with E-state index in [0.717, 1.165) is 4.57 Å². The van der Waals surface area contributed by atoms with Crippen molar-refractivity contribution in [3.63, 3.8) is 0 Å². The third kappa shape index (κ3) is 4.12. The van der Waals surface area contributed by atoms with Crippen LogP contribution in [0.4, 0.5) is 5.82 Å². The highest BCUT2D eigenvalue weighted by Crippen LogP contribution is 2.28. The van der Waals surface area contributed by atoms with E-state index in [0.29, 0.717) is 12.8 Å². The highest BCUT2D eigenvalue weighted by molar-refractivity contribution is 5.80. The summed E-state index contributed by atoms with van der Waals surface area (Å²) in [5, 5.41) is 28.9. The van der Waals surface area contributed by atoms with Gasteiger partial charge in [-0.15, -0.1) is 0 Å². The quantitative estimate of drug-likeness (QED) is 0.406. The van der Waals surface area contributed by atoms with Crippen LogP contribution in [0.25, 0.3) is 0 Å². The minimum absolute atomic E-state index is 0.0337. The molecular formula is C16H25N3O8. The zero-order valence-corrected chi connectivity index (χ0v) is 15.4. The molecule has 0 radical (unpaired) electrons. The van der Waals surface area contributed by atoms with Crippen LogP contribution in [-0.2, 0) is 19.1 Å². The number of aliphatic hydroxyl groups is 3. The topological polar surface area (TPSA) is 152 Å². The Kier molecular flexibility index (Phi) is 6.89. The van der Waals surface area contributed by atoms with E-state index in [9.17, 15) is 19.8 Å². The van der Waals surface area contributed by atoms with Crippen LogP contribution in [0.1, 0.15) is 32.9 Å². The number of hydrogen-bond donors (Lipinski definition) is 4. The number of aromatic nitrogens is 2. The molecule has 2 rings (SSSR count). The smallest absolute Gasteiger partial charge is 0.363 e. The second-order valence-electron chi connectivity index (χ2n) is 6.13. The van der Waals surface area contributed by atoms with E-state index < -0.39 is 48.4 Å². The van der Waals surface area contributed by atoms with E-state index in [4.69, 9.17) is 19.4 Å². The Labute approximate surface area is 155 Å². The molecular weight excluding hydrogens is 362 g/mol. The number of hydrogen-bond acceptors (Lipinski definition) is 10. The van der Waals surface area contributed by atoms with Crippen LogP contribution in [0.5, 0.6) is 0 Å². The van der Waals surface area contributed by atoms with Crippen molar-refractivity contribution in [2.45, 2.75) is 56.8 Å². The monoisotopic (exact) mass is 387 g/mol. The van der Waals surface area contributed by atoms with Gasteiger partial charge in [-0.05, 0) is 12.8 Å². The fourth-order valence-electron chi connectivity index (χ4n) is 2.88. The van der Waals surface area contributed by atoms with Crippen molar-refractivity contribution >= 4 is 11.8 Å². The van der Waals surface area contributed by atoms with E-state index in [2.05, 4.69) is 10.5 Å². The van der Waals surface area contributed by atoms with Crippen molar-refractivity contribution in [3.8, 4) is 0 Å². The molecule has 0 spiro atoms. The fraction of sp³-hybridized carbons (Fsp3) is 0.688. The average molecular weight is 387 g/mol. The second kappa shape index (κ2) is 8.76. The molecule has 1 aromatic heterocycles. The molecule has 1 aliphatic heterocycles. The molecule has 0 amide bonds. The van der Waals surface area contributed by atoms with E-state index >= 15 is 0 Å². The first kappa shape index (κ1) is 21.3. The Morgan fingerprint density at radius 2 is 2.04 bits per heavy atom. The van der Waals surface area contributed by atoms with Gasteiger partial charge in [0.1, 0.15) is 18.3 Å². The number of nitrogens with one attached hydrogen (secondary N) is 1. The first-order chi connectivity index (χ1) is 12.8. The molecule has 1 aromatic rings. The number of carbonyl (C=O) groups is 1. The lowest BCUT2D eigenvalue weighted by atomic mass is 9.98. The zero-order chi connectivity index (χ0) is 20.2. The Morgan fingerprint density at radius 3 is 2.52 bits per heavy atom. The molecule has 0 aliphatic carbocycles. The second-order valence-corrected chi connectivity index (χ2v) is 6.13. The third-order valence-corrected chi connectivity index (χ3v) is 4.77. The minimum atomic E-state index is -1.41. The van der Waals surface area contributed by atoms with Gasteiger partial charge in [-0.3, -0.25) is 4.57 Å². The van der Waals surface area contributed by atoms with Crippen molar-refractivity contribution in [3.05, 3.63) is 22.7 Å². The number of anilines is 1. The van der Waals surface area contributed by atoms with Gasteiger partial charge in [0.15, 0.2) is 17.6 Å². The van der Waals surface area contributed by atoms with Gasteiger partial charge in [0.25, 0.3) is 0 Å². The van der Waals surface area contributed by atoms with E-state index in [1.54, 1.807) is 13.8 Å². The molecule has 0 saturated carbocycles. The molecule has 0 aromatic carbocycles. The van der Waals surface area contributed by atoms with Gasteiger partial charge in [0, 0.05) is 19.4 Å². The van der Waals surface area contributed by atoms with Gasteiger partial charge in [-0.1, -0.05) is 13.8 Å². The predicted molar refractivity (Wildman–Crippen MR) is 91.5 cm³/mol. The van der Waals surface area contributed by atoms with E-state index in [-0.39, 0.29) is 5.82 Å². The van der Waals surface area contributed by atoms with Gasteiger partial charge < -0.3 is 29.6 Å². The molecule has 0 bridgehead atoms. The first-order valence-electron chi connectivity index (χ1n) is 8.57. The molecule has 2 heterocycles. The normalized spacial score (nSPS) is 25.4. The molecule has 152 valence electrons. The molecule has 1 fully saturated rings. The summed E-state index contributed by atoms with van der Waals surface area (Å²) in [6.45, 7) is 3.06. The molecule has 4 atom stereocenters. The summed E-state index contributed by atoms with van der Waals surface area (Å²) in [6, 6.07) is 1.33. The summed E-state index contributed by atoms with van der Waals surface area (Å²) in [5.41, 5.74) is 0.396. The van der Waals surface area contributed by atoms with Crippen molar-refractivity contribution < 1.29 is 34.4 Å². The van der Waals surface area contributed by atoms with Crippen LogP contribution in [0, 0.1) is 0 Å². The number of rotatable bonds is 8. The molecule has 11 heteroatoms. The minimum Gasteiger partial charge on any atom is -0.394 e. The summed E-state index contributed by atoms with van der Waals surface area (Å²) < 4.78 is 11.5. The van der Waals surface area contributed by atoms with Crippen molar-refractivity contribution in [1.29, 1.82) is 0 Å². The van der Waals surface area contributed by atoms with Crippen LogP contribution in [0.3, 0.4) is 0 Å². The zero-order valence-electron chi connectivity index (χ0n) is 15.4. The van der Waals surface area contributed by atoms with E-state index in [1.807, 2.05) is 0 Å². The highest BCUT2D eigenvalue weighted by atomic mass is 16.7. The van der Waals surface area contributed by atoms with Crippen LogP contribution in [-0.4, -0.2) is 68.5 Å². The molecule has 4 N–H and O–H groups in total. The van der Waals surface area contributed by atoms with Crippen LogP contribution in [0.15, 0.2) is 17.1 Å². The fourth-order valence-corrected chi connectivity index (χ4v) is 2.88. The summed E-state index contributed by atoms with van der Waals surface area (Å²) in [5.74, 6) is -0.682. The predicted octanol–water partition coefficient (Wildman–Crippen LogP) is -1.07. The van der Waals surface area contributed by atoms with Crippen LogP contribution < -0.4 is 11.2 Å². The van der Waals surface area contributed by atoms with Gasteiger partial charge in [-0.25, -0.2) is 15.1 Å². The Bertz CT molecular complexity index is 697. The largest absolute Gasteiger partial charge is 0.394 e. The van der Waals surface area contributed by atoms with E-state index in [1.165, 1.54) is 19.4 Å². The Morgan fingerprint density at radius 1 is 1.37 bits per heavy atom. The van der Waals surface area contributed by atoms with Gasteiger partial charge >= 0.3 is 11.7 Å². The standard InChI is InChI=1S/C16H25N3O8/c1-4-16(5-2,25-3)14(23)27-18-10-6-7-19(15(24)17-10)13-12(22)11(21)9(8-20)26-13/h6-7,9,11-13,20-22H,4-5,8H2,1-3H3,(H,17,18,24)/t9-,11-,12-,13-/m1/s1. The Hall–Kier alpha value is -2.05. The summed E-state index contributed by atoms with van der Waals surface area (Å²) in [7, 11) is 1.41. The molecule has 1 saturated heterocycles. The summed E-state index contributed by atoms with van der Waals surface area (Å²) in [6.07, 6.45) is -2.89. The Balaban J connectivity index is 2.09. The molecule has 27 heavy (non-hydrogen) atoms. The lowest BCUT2D eigenvalue weighted by molar-refractivity contribution is -0.167. The summed E-state index contributed by atoms with van der Waals surface area (Å²) >= 11 is 0. The molecule has 1 aliphatic rings. The van der Waals surface area contributed by atoms with Crippen molar-refractivity contribution in [2.24, 2.45) is 0 Å². The highest BCUT2D eigenvalue weighted by Gasteiger charge is 2.43. The van der Waals surface area contributed by atoms with Gasteiger partial charge in [-0.2, -0.15) is 4.98 Å². The maximum absolute atomic E-state index is 12.2. The number of ether oxygens (including phenoxy) is 2. The van der Waals surface area contributed by atoms with Crippen LogP contribution >= 0.6 is 0 Å². The van der Waals surface area contributed by atoms with Gasteiger partial charge in [0.05, 0.1) is 6.61 Å². The maximum Gasteiger partial charge on any atom is 0.363 e. The van der Waals surface area contributed by atoms with Crippen LogP contribution in [0.2, 0.25) is 0 Å². The number of aliphatic hydroxyl groups excluding tert-OH is 3. The van der Waals surface area contributed by atoms with Crippen molar-refractivity contribution in [1.82, 2.24) is 9.55 Å². The average Bonchev–Trinajstić information content (AvgIpc) is 2.96. The lowest BCUT2D eigenvalue weighted by Crippen LogP contribution is -2.42. The molecule has 0 unspecified atom stereocenters. The number of methoxy groups -OCH3 is 1. The third-order valence-electron chi connectivity index (χ3n) is 4.77. The first-order valence-corrected chi connectivity index (χ1v) is 8.57. The van der Waals surface area contributed by atoms with Crippen molar-refractivity contribution in [2.75, 3.05) is 19.2 Å².